The van der Waals surface area contributed by atoms with E-state index < -0.39 is 7.54 Å². The molecule has 49 heavy (non-hydrogen) atoms. The van der Waals surface area contributed by atoms with E-state index >= 15 is 0 Å². The van der Waals surface area contributed by atoms with Crippen LogP contribution in [0.4, 0.5) is 12.9 Å². The standard InChI is InChI=1S/C15H21N3O2S.C10H10BrN3OS.C5H11O.CH4.BF3.K/c1-9-11(7-20-15(3,4)5)12-6-19-8-13-17-16-10(2)18(13)14(12)21-9;1-5-9(11)7-3-15-4-8-13-12-6(2)14(8)10(7)16-5;1-5(2,3)6-4;;2-1(3)4;/h6-8H2,1-5H3;3-4H2,1-2H3;4H2,1-3H3;1H4;;/q;;-1;;;+1. The summed E-state index contributed by atoms with van der Waals surface area (Å²) >= 11 is 7.12. The van der Waals surface area contributed by atoms with Gasteiger partial charge in [-0.2, -0.15) is 0 Å². The van der Waals surface area contributed by atoms with Crippen LogP contribution in [-0.4, -0.2) is 48.3 Å². The minimum absolute atomic E-state index is 0. The zero-order valence-corrected chi connectivity index (χ0v) is 35.8. The van der Waals surface area contributed by atoms with Gasteiger partial charge in [-0.05, 0) is 90.7 Å². The normalized spacial score (nSPS) is 13.0. The number of rotatable bonds is 2. The van der Waals surface area contributed by atoms with Crippen molar-refractivity contribution in [2.75, 3.05) is 0 Å². The summed E-state index contributed by atoms with van der Waals surface area (Å²) in [6.07, 6.45) is 0. The number of hydrogen-bond acceptors (Lipinski definition) is 10. The maximum Gasteiger partial charge on any atom is 1.00 e. The molecule has 0 radical (unpaired) electrons. The number of halogens is 4. The van der Waals surface area contributed by atoms with Gasteiger partial charge in [0.25, 0.3) is 0 Å². The minimum Gasteiger partial charge on any atom is -0.551 e. The molecule has 0 saturated carbocycles. The van der Waals surface area contributed by atoms with E-state index in [0.717, 1.165) is 27.8 Å². The van der Waals surface area contributed by atoms with E-state index in [4.69, 9.17) is 14.2 Å². The predicted octanol–water partition coefficient (Wildman–Crippen LogP) is 6.14. The average molecular weight is 818 g/mol. The molecule has 10 nitrogen and oxygen atoms in total. The smallest absolute Gasteiger partial charge is 0.551 e. The van der Waals surface area contributed by atoms with Crippen LogP contribution < -0.4 is 51.4 Å². The van der Waals surface area contributed by atoms with Crippen LogP contribution in [-0.2, 0) is 52.0 Å². The van der Waals surface area contributed by atoms with Gasteiger partial charge in [-0.3, -0.25) is 22.1 Å². The van der Waals surface area contributed by atoms with Crippen LogP contribution in [0.25, 0.3) is 10.0 Å². The average Bonchev–Trinajstić information content (AvgIpc) is 3.60. The number of nitrogens with zero attached hydrogens (tertiary/aromatic N) is 6. The van der Waals surface area contributed by atoms with E-state index in [1.807, 2.05) is 34.6 Å². The van der Waals surface area contributed by atoms with Gasteiger partial charge in [0.15, 0.2) is 11.6 Å². The van der Waals surface area contributed by atoms with Gasteiger partial charge in [0, 0.05) is 31.0 Å². The van der Waals surface area contributed by atoms with Gasteiger partial charge in [-0.25, -0.2) is 7.11 Å². The SMILES string of the molecule is C.Cc1sc2c(c1Br)COCc1nnc(C)n1-2.Cc1sc2c(c1COC(C)(C)C)COCc1nnc(C)n1-2.FB(F)F.[CH2-]OC(C)(C)C.[K+]. The fraction of sp³-hybridized carbons (Fsp3) is 0.581. The van der Waals surface area contributed by atoms with Gasteiger partial charge < -0.3 is 18.9 Å². The Balaban J connectivity index is 0.000000380. The molecular weight excluding hydrogens is 771 g/mol. The Labute approximate surface area is 347 Å². The Bertz CT molecular complexity index is 1630. The first-order chi connectivity index (χ1) is 21.8. The molecule has 268 valence electrons. The fourth-order valence-electron chi connectivity index (χ4n) is 4.30. The third kappa shape index (κ3) is 13.1. The molecule has 0 fully saturated rings. The van der Waals surface area contributed by atoms with Gasteiger partial charge in [0.1, 0.15) is 34.9 Å². The van der Waals surface area contributed by atoms with Gasteiger partial charge in [-0.15, -0.1) is 43.1 Å². The summed E-state index contributed by atoms with van der Waals surface area (Å²) in [4.78, 5) is 2.53. The summed E-state index contributed by atoms with van der Waals surface area (Å²) in [5.41, 5.74) is 3.43. The molecule has 0 aromatic carbocycles. The van der Waals surface area contributed by atoms with E-state index in [1.54, 1.807) is 22.7 Å². The third-order valence-corrected chi connectivity index (χ3v) is 10.3. The topological polar surface area (TPSA) is 98.3 Å². The summed E-state index contributed by atoms with van der Waals surface area (Å²) in [6, 6.07) is 0. The van der Waals surface area contributed by atoms with Crippen molar-refractivity contribution in [1.82, 2.24) is 29.5 Å². The van der Waals surface area contributed by atoms with Crippen LogP contribution >= 0.6 is 38.6 Å². The molecule has 0 unspecified atom stereocenters. The van der Waals surface area contributed by atoms with Crippen LogP contribution in [0.1, 0.15) is 98.7 Å². The first kappa shape index (κ1) is 46.5. The van der Waals surface area contributed by atoms with Gasteiger partial charge in [0.2, 0.25) is 0 Å². The van der Waals surface area contributed by atoms with Crippen molar-refractivity contribution in [3.8, 4) is 10.0 Å². The molecule has 18 heteroatoms. The van der Waals surface area contributed by atoms with Gasteiger partial charge >= 0.3 is 58.9 Å². The number of ether oxygens (including phenoxy) is 4. The minimum atomic E-state index is -3.67. The zero-order chi connectivity index (χ0) is 35.3. The molecule has 0 saturated heterocycles. The molecule has 0 aliphatic carbocycles. The maximum absolute atomic E-state index is 9.67. The largest absolute Gasteiger partial charge is 1.00 e. The molecule has 4 aromatic heterocycles. The van der Waals surface area contributed by atoms with Crippen LogP contribution in [0.5, 0.6) is 0 Å². The van der Waals surface area contributed by atoms with E-state index in [0.29, 0.717) is 33.0 Å². The van der Waals surface area contributed by atoms with Crippen LogP contribution in [0.3, 0.4) is 0 Å². The molecule has 2 aliphatic rings. The third-order valence-electron chi connectivity index (χ3n) is 6.61. The zero-order valence-electron chi connectivity index (χ0n) is 29.5. The summed E-state index contributed by atoms with van der Waals surface area (Å²) in [5, 5.41) is 19.0. The first-order valence-electron chi connectivity index (χ1n) is 14.7. The second-order valence-corrected chi connectivity index (χ2v) is 15.8. The summed E-state index contributed by atoms with van der Waals surface area (Å²) in [7, 11) is -0.410. The summed E-state index contributed by atoms with van der Waals surface area (Å²) < 4.78 is 56.4. The quantitative estimate of drug-likeness (QED) is 0.176. The second-order valence-electron chi connectivity index (χ2n) is 12.6. The predicted molar refractivity (Wildman–Crippen MR) is 189 cm³/mol. The monoisotopic (exact) mass is 816 g/mol. The Kier molecular flexibility index (Phi) is 19.1. The number of aryl methyl sites for hydroxylation is 4. The number of fused-ring (bicyclic) bond motifs is 6. The van der Waals surface area contributed by atoms with E-state index in [9.17, 15) is 12.9 Å². The molecule has 6 rings (SSSR count). The van der Waals surface area contributed by atoms with Gasteiger partial charge in [0.05, 0.1) is 25.4 Å². The van der Waals surface area contributed by atoms with E-state index in [2.05, 4.69) is 91.9 Å². The molecular formula is C31H46BBrF3KN6O4S2. The number of hydrogen-bond donors (Lipinski definition) is 0. The summed E-state index contributed by atoms with van der Waals surface area (Å²) in [5.74, 6) is 3.57. The molecule has 0 spiro atoms. The van der Waals surface area contributed by atoms with Crippen LogP contribution in [0.15, 0.2) is 4.47 Å². The van der Waals surface area contributed by atoms with Crippen molar-refractivity contribution in [3.05, 3.63) is 61.3 Å². The molecule has 4 aromatic rings. The molecule has 0 atom stereocenters. The van der Waals surface area contributed by atoms with E-state index in [1.165, 1.54) is 36.4 Å². The molecule has 6 heterocycles. The number of thiophene rings is 2. The van der Waals surface area contributed by atoms with Crippen molar-refractivity contribution < 1.29 is 83.3 Å². The Morgan fingerprint density at radius 3 is 1.61 bits per heavy atom. The summed E-state index contributed by atoms with van der Waals surface area (Å²) in [6.45, 7) is 23.1. The van der Waals surface area contributed by atoms with Crippen molar-refractivity contribution in [1.29, 1.82) is 0 Å². The van der Waals surface area contributed by atoms with Crippen molar-refractivity contribution in [3.63, 3.8) is 0 Å². The Hall–Kier alpha value is -0.509. The van der Waals surface area contributed by atoms with Crippen LogP contribution in [0.2, 0.25) is 0 Å². The Morgan fingerprint density at radius 1 is 0.776 bits per heavy atom. The molecule has 0 bridgehead atoms. The van der Waals surface area contributed by atoms with Crippen molar-refractivity contribution in [2.24, 2.45) is 0 Å². The Morgan fingerprint density at radius 2 is 1.18 bits per heavy atom. The van der Waals surface area contributed by atoms with Crippen molar-refractivity contribution in [2.45, 2.75) is 121 Å². The molecule has 0 N–H and O–H groups in total. The molecule has 2 aliphatic heterocycles. The van der Waals surface area contributed by atoms with Crippen molar-refractivity contribution >= 4 is 46.1 Å². The first-order valence-corrected chi connectivity index (χ1v) is 17.1. The van der Waals surface area contributed by atoms with Gasteiger partial charge in [-0.1, -0.05) is 7.43 Å². The second kappa shape index (κ2) is 20.1. The van der Waals surface area contributed by atoms with E-state index in [-0.39, 0.29) is 70.0 Å². The number of aromatic nitrogens is 6. The molecule has 0 amide bonds. The maximum atomic E-state index is 9.67. The fourth-order valence-corrected chi connectivity index (χ4v) is 7.32. The van der Waals surface area contributed by atoms with Crippen LogP contribution in [0, 0.1) is 34.8 Å².